The van der Waals surface area contributed by atoms with E-state index in [1.54, 1.807) is 5.38 Å². The summed E-state index contributed by atoms with van der Waals surface area (Å²) in [6.45, 7) is 4.58. The Labute approximate surface area is 165 Å². The van der Waals surface area contributed by atoms with E-state index in [1.165, 1.54) is 26.3 Å². The molecule has 1 aromatic carbocycles. The van der Waals surface area contributed by atoms with E-state index in [-0.39, 0.29) is 17.3 Å². The van der Waals surface area contributed by atoms with E-state index in [1.807, 2.05) is 13.0 Å². The van der Waals surface area contributed by atoms with Crippen molar-refractivity contribution >= 4 is 33.7 Å². The minimum Gasteiger partial charge on any atom is -0.300 e. The van der Waals surface area contributed by atoms with Crippen LogP contribution in [0.15, 0.2) is 40.5 Å². The molecule has 140 valence electrons. The van der Waals surface area contributed by atoms with E-state index in [2.05, 4.69) is 39.5 Å². The summed E-state index contributed by atoms with van der Waals surface area (Å²) < 4.78 is 1.48. The molecule has 3 aromatic rings. The molecule has 0 unspecified atom stereocenters. The standard InChI is InChI=1S/C19H20N4O2S2/c1-13-12-26-19(25)23(13)11-17(24)21-18-20-15-7-8-22(10-16(15)27-18)9-14-5-3-2-4-6-14/h2-6,12H,7-11H2,1H3,(H,20,21,24). The highest BCUT2D eigenvalue weighted by molar-refractivity contribution is 7.15. The van der Waals surface area contributed by atoms with Crippen LogP contribution in [0.4, 0.5) is 5.13 Å². The molecular formula is C19H20N4O2S2. The number of fused-ring (bicyclic) bond motifs is 1. The molecule has 8 heteroatoms. The molecule has 0 aliphatic carbocycles. The number of benzene rings is 1. The molecule has 2 aromatic heterocycles. The predicted octanol–water partition coefficient (Wildman–Crippen LogP) is 2.87. The van der Waals surface area contributed by atoms with Crippen molar-refractivity contribution in [2.45, 2.75) is 33.0 Å². The van der Waals surface area contributed by atoms with Gasteiger partial charge in [0.1, 0.15) is 6.54 Å². The van der Waals surface area contributed by atoms with Crippen molar-refractivity contribution in [3.63, 3.8) is 0 Å². The van der Waals surface area contributed by atoms with E-state index in [0.29, 0.717) is 5.13 Å². The number of aryl methyl sites for hydroxylation is 1. The van der Waals surface area contributed by atoms with Crippen molar-refractivity contribution in [1.29, 1.82) is 0 Å². The van der Waals surface area contributed by atoms with E-state index >= 15 is 0 Å². The largest absolute Gasteiger partial charge is 0.307 e. The van der Waals surface area contributed by atoms with Gasteiger partial charge in [-0.15, -0.1) is 11.3 Å². The fourth-order valence-electron chi connectivity index (χ4n) is 3.18. The monoisotopic (exact) mass is 400 g/mol. The number of aromatic nitrogens is 2. The van der Waals surface area contributed by atoms with Crippen LogP contribution in [0.5, 0.6) is 0 Å². The number of nitrogens with one attached hydrogen (secondary N) is 1. The molecule has 0 radical (unpaired) electrons. The van der Waals surface area contributed by atoms with Crippen LogP contribution in [0.25, 0.3) is 0 Å². The number of nitrogens with zero attached hydrogens (tertiary/aromatic N) is 3. The van der Waals surface area contributed by atoms with Crippen LogP contribution in [0.2, 0.25) is 0 Å². The number of hydrogen-bond donors (Lipinski definition) is 1. The summed E-state index contributed by atoms with van der Waals surface area (Å²) in [5.41, 5.74) is 3.18. The van der Waals surface area contributed by atoms with Gasteiger partial charge in [-0.05, 0) is 12.5 Å². The SMILES string of the molecule is Cc1csc(=O)n1CC(=O)Nc1nc2c(s1)CN(Cc1ccccc1)CC2. The van der Waals surface area contributed by atoms with Crippen LogP contribution in [-0.2, 0) is 30.8 Å². The summed E-state index contributed by atoms with van der Waals surface area (Å²) in [5.74, 6) is -0.217. The van der Waals surface area contributed by atoms with E-state index < -0.39 is 0 Å². The van der Waals surface area contributed by atoms with Crippen LogP contribution in [-0.4, -0.2) is 26.9 Å². The summed E-state index contributed by atoms with van der Waals surface area (Å²) in [6, 6.07) is 10.4. The third kappa shape index (κ3) is 4.18. The van der Waals surface area contributed by atoms with Gasteiger partial charge in [0.15, 0.2) is 5.13 Å². The van der Waals surface area contributed by atoms with E-state index in [9.17, 15) is 9.59 Å². The Balaban J connectivity index is 1.39. The zero-order chi connectivity index (χ0) is 18.8. The van der Waals surface area contributed by atoms with Gasteiger partial charge >= 0.3 is 4.87 Å². The van der Waals surface area contributed by atoms with Crippen LogP contribution >= 0.6 is 22.7 Å². The predicted molar refractivity (Wildman–Crippen MR) is 108 cm³/mol. The van der Waals surface area contributed by atoms with Crippen molar-refractivity contribution in [3.05, 3.63) is 67.2 Å². The van der Waals surface area contributed by atoms with Gasteiger partial charge in [0.2, 0.25) is 5.91 Å². The number of anilines is 1. The quantitative estimate of drug-likeness (QED) is 0.715. The van der Waals surface area contributed by atoms with Gasteiger partial charge in [0.25, 0.3) is 0 Å². The van der Waals surface area contributed by atoms with Crippen molar-refractivity contribution in [3.8, 4) is 0 Å². The lowest BCUT2D eigenvalue weighted by atomic mass is 10.1. The number of hydrogen-bond acceptors (Lipinski definition) is 6. The molecular weight excluding hydrogens is 380 g/mol. The average Bonchev–Trinajstić information content (AvgIpc) is 3.19. The lowest BCUT2D eigenvalue weighted by Gasteiger charge is -2.25. The second kappa shape index (κ2) is 7.75. The Morgan fingerprint density at radius 3 is 2.85 bits per heavy atom. The van der Waals surface area contributed by atoms with Gasteiger partial charge in [-0.3, -0.25) is 19.1 Å². The van der Waals surface area contributed by atoms with Crippen LogP contribution in [0, 0.1) is 6.92 Å². The molecule has 0 atom stereocenters. The highest BCUT2D eigenvalue weighted by atomic mass is 32.1. The normalized spacial score (nSPS) is 14.1. The zero-order valence-electron chi connectivity index (χ0n) is 15.0. The molecule has 1 aliphatic heterocycles. The molecule has 0 saturated carbocycles. The van der Waals surface area contributed by atoms with Gasteiger partial charge in [0.05, 0.1) is 5.69 Å². The van der Waals surface area contributed by atoms with Crippen LogP contribution in [0.3, 0.4) is 0 Å². The molecule has 0 spiro atoms. The maximum absolute atomic E-state index is 12.3. The lowest BCUT2D eigenvalue weighted by molar-refractivity contribution is -0.116. The first-order valence-electron chi connectivity index (χ1n) is 8.78. The Morgan fingerprint density at radius 1 is 1.30 bits per heavy atom. The number of rotatable bonds is 5. The third-order valence-corrected chi connectivity index (χ3v) is 6.46. The molecule has 1 N–H and O–H groups in total. The average molecular weight is 401 g/mol. The maximum Gasteiger partial charge on any atom is 0.307 e. The third-order valence-electron chi connectivity index (χ3n) is 4.58. The van der Waals surface area contributed by atoms with Crippen molar-refractivity contribution in [2.75, 3.05) is 11.9 Å². The molecule has 3 heterocycles. The first-order valence-corrected chi connectivity index (χ1v) is 10.5. The molecule has 0 fully saturated rings. The van der Waals surface area contributed by atoms with Crippen molar-refractivity contribution in [2.24, 2.45) is 0 Å². The Kier molecular flexibility index (Phi) is 5.20. The molecule has 0 saturated heterocycles. The van der Waals surface area contributed by atoms with Gasteiger partial charge in [-0.1, -0.05) is 41.7 Å². The van der Waals surface area contributed by atoms with Gasteiger partial charge in [-0.25, -0.2) is 4.98 Å². The number of amides is 1. The number of carbonyl (C=O) groups excluding carboxylic acids is 1. The number of carbonyl (C=O) groups is 1. The Morgan fingerprint density at radius 2 is 2.11 bits per heavy atom. The lowest BCUT2D eigenvalue weighted by Crippen LogP contribution is -2.29. The fourth-order valence-corrected chi connectivity index (χ4v) is 4.98. The minimum absolute atomic E-state index is 0.0263. The smallest absolute Gasteiger partial charge is 0.300 e. The van der Waals surface area contributed by atoms with Crippen LogP contribution in [0.1, 0.15) is 21.8 Å². The Bertz CT molecular complexity index is 1010. The second-order valence-corrected chi connectivity index (χ2v) is 8.52. The molecule has 0 bridgehead atoms. The summed E-state index contributed by atoms with van der Waals surface area (Å²) >= 11 is 2.64. The molecule has 1 aliphatic rings. The van der Waals surface area contributed by atoms with Gasteiger partial charge in [-0.2, -0.15) is 0 Å². The molecule has 4 rings (SSSR count). The first-order chi connectivity index (χ1) is 13.1. The summed E-state index contributed by atoms with van der Waals surface area (Å²) in [6.07, 6.45) is 0.887. The zero-order valence-corrected chi connectivity index (χ0v) is 16.6. The molecule has 27 heavy (non-hydrogen) atoms. The second-order valence-electron chi connectivity index (χ2n) is 6.61. The number of thiazole rings is 2. The van der Waals surface area contributed by atoms with E-state index in [0.717, 1.165) is 48.8 Å². The highest BCUT2D eigenvalue weighted by Crippen LogP contribution is 2.29. The highest BCUT2D eigenvalue weighted by Gasteiger charge is 2.21. The summed E-state index contributed by atoms with van der Waals surface area (Å²) in [4.78, 5) is 32.1. The summed E-state index contributed by atoms with van der Waals surface area (Å²) in [5, 5.41) is 5.23. The molecule has 6 nitrogen and oxygen atoms in total. The first kappa shape index (κ1) is 18.1. The van der Waals surface area contributed by atoms with Gasteiger partial charge < -0.3 is 5.32 Å². The minimum atomic E-state index is -0.217. The van der Waals surface area contributed by atoms with Gasteiger partial charge in [0, 0.05) is 42.0 Å². The fraction of sp³-hybridized carbons (Fsp3) is 0.316. The summed E-state index contributed by atoms with van der Waals surface area (Å²) in [7, 11) is 0. The van der Waals surface area contributed by atoms with Crippen LogP contribution < -0.4 is 10.2 Å². The Hall–Kier alpha value is -2.29. The molecule has 1 amide bonds. The topological polar surface area (TPSA) is 67.2 Å². The van der Waals surface area contributed by atoms with Crippen molar-refractivity contribution < 1.29 is 4.79 Å². The maximum atomic E-state index is 12.3. The van der Waals surface area contributed by atoms with E-state index in [4.69, 9.17) is 0 Å². The van der Waals surface area contributed by atoms with Crippen molar-refractivity contribution in [1.82, 2.24) is 14.5 Å².